The number of hydrogen-bond acceptors (Lipinski definition) is 5. The summed E-state index contributed by atoms with van der Waals surface area (Å²) in [7, 11) is 1.43. The summed E-state index contributed by atoms with van der Waals surface area (Å²) < 4.78 is 15.4. The molecule has 0 spiro atoms. The molecule has 1 atom stereocenters. The molecule has 18 heavy (non-hydrogen) atoms. The number of methoxy groups -OCH3 is 1. The molecular weight excluding hydrogens is 260 g/mol. The van der Waals surface area contributed by atoms with Gasteiger partial charge >= 0.3 is 5.97 Å². The molecule has 1 aromatic rings. The molecule has 5 nitrogen and oxygen atoms in total. The van der Waals surface area contributed by atoms with Gasteiger partial charge in [-0.1, -0.05) is 11.6 Å². The number of halogens is 1. The van der Waals surface area contributed by atoms with Crippen LogP contribution in [0.3, 0.4) is 0 Å². The van der Waals surface area contributed by atoms with E-state index in [1.807, 2.05) is 0 Å². The van der Waals surface area contributed by atoms with Crippen LogP contribution in [0.5, 0.6) is 11.5 Å². The van der Waals surface area contributed by atoms with Crippen LogP contribution in [0.2, 0.25) is 5.02 Å². The first-order valence-electron chi connectivity index (χ1n) is 5.31. The first kappa shape index (κ1) is 12.7. The summed E-state index contributed by atoms with van der Waals surface area (Å²) in [4.78, 5) is 22.3. The van der Waals surface area contributed by atoms with Crippen LogP contribution in [0.1, 0.15) is 16.8 Å². The van der Waals surface area contributed by atoms with Gasteiger partial charge in [-0.3, -0.25) is 4.79 Å². The van der Waals surface area contributed by atoms with E-state index in [2.05, 4.69) is 0 Å². The lowest BCUT2D eigenvalue weighted by atomic mass is 10.2. The second-order valence-corrected chi connectivity index (χ2v) is 4.14. The summed E-state index contributed by atoms with van der Waals surface area (Å²) in [5.41, 5.74) is 0.235. The molecule has 1 unspecified atom stereocenters. The fraction of sp³-hybridized carbons (Fsp3) is 0.333. The number of cyclic esters (lactones) is 1. The highest BCUT2D eigenvalue weighted by Crippen LogP contribution is 2.35. The second kappa shape index (κ2) is 5.27. The fourth-order valence-corrected chi connectivity index (χ4v) is 1.90. The van der Waals surface area contributed by atoms with E-state index in [0.717, 1.165) is 0 Å². The lowest BCUT2D eigenvalue weighted by Gasteiger charge is -2.15. The summed E-state index contributed by atoms with van der Waals surface area (Å²) in [6.07, 6.45) is 0.339. The van der Waals surface area contributed by atoms with Gasteiger partial charge in [-0.15, -0.1) is 0 Å². The molecular formula is C12H11ClO5. The summed E-state index contributed by atoms with van der Waals surface area (Å²) in [5.74, 6) is 0.0777. The Bertz CT molecular complexity index is 486. The number of carbonyl (C=O) groups is 2. The predicted octanol–water partition coefficient (Wildman–Crippen LogP) is 1.86. The second-order valence-electron chi connectivity index (χ2n) is 3.71. The molecule has 1 heterocycles. The van der Waals surface area contributed by atoms with Gasteiger partial charge < -0.3 is 14.2 Å². The number of ether oxygens (including phenoxy) is 3. The maximum atomic E-state index is 11.3. The van der Waals surface area contributed by atoms with Crippen molar-refractivity contribution in [3.05, 3.63) is 22.7 Å². The molecule has 0 aromatic heterocycles. The Labute approximate surface area is 109 Å². The monoisotopic (exact) mass is 270 g/mol. The minimum atomic E-state index is -0.709. The van der Waals surface area contributed by atoms with Crippen LogP contribution in [-0.4, -0.2) is 32.1 Å². The molecule has 6 heteroatoms. The zero-order valence-electron chi connectivity index (χ0n) is 9.64. The van der Waals surface area contributed by atoms with Gasteiger partial charge in [0.2, 0.25) is 0 Å². The molecule has 1 aromatic carbocycles. The van der Waals surface area contributed by atoms with E-state index in [1.165, 1.54) is 19.2 Å². The smallest absolute Gasteiger partial charge is 0.347 e. The Balaban J connectivity index is 2.35. The van der Waals surface area contributed by atoms with Crippen LogP contribution < -0.4 is 9.47 Å². The average molecular weight is 271 g/mol. The van der Waals surface area contributed by atoms with E-state index < -0.39 is 12.1 Å². The number of carbonyl (C=O) groups excluding carboxylic acids is 2. The number of benzene rings is 1. The topological polar surface area (TPSA) is 61.8 Å². The van der Waals surface area contributed by atoms with Crippen molar-refractivity contribution in [2.75, 3.05) is 13.7 Å². The fourth-order valence-electron chi connectivity index (χ4n) is 1.68. The van der Waals surface area contributed by atoms with Crippen molar-refractivity contribution in [1.29, 1.82) is 0 Å². The maximum absolute atomic E-state index is 11.3. The molecule has 2 rings (SSSR count). The number of aldehydes is 1. The molecule has 0 radical (unpaired) electrons. The van der Waals surface area contributed by atoms with E-state index >= 15 is 0 Å². The molecule has 1 aliphatic rings. The van der Waals surface area contributed by atoms with Gasteiger partial charge in [0.15, 0.2) is 23.9 Å². The Hall–Kier alpha value is -1.75. The maximum Gasteiger partial charge on any atom is 0.347 e. The minimum absolute atomic E-state index is 0.209. The van der Waals surface area contributed by atoms with Crippen LogP contribution in [0.15, 0.2) is 12.1 Å². The molecule has 1 saturated heterocycles. The molecule has 0 amide bonds. The first-order chi connectivity index (χ1) is 8.65. The Morgan fingerprint density at radius 2 is 2.28 bits per heavy atom. The van der Waals surface area contributed by atoms with Gasteiger partial charge in [0, 0.05) is 17.5 Å². The largest absolute Gasteiger partial charge is 0.493 e. The van der Waals surface area contributed by atoms with Crippen molar-refractivity contribution >= 4 is 23.9 Å². The van der Waals surface area contributed by atoms with Gasteiger partial charge in [-0.2, -0.15) is 0 Å². The summed E-state index contributed by atoms with van der Waals surface area (Å²) in [6.45, 7) is 0.315. The lowest BCUT2D eigenvalue weighted by Crippen LogP contribution is -2.22. The highest BCUT2D eigenvalue weighted by Gasteiger charge is 2.30. The quantitative estimate of drug-likeness (QED) is 0.617. The molecule has 0 N–H and O–H groups in total. The SMILES string of the molecule is COc1cc(Cl)cc(C=O)c1OC1CCOC1=O. The third kappa shape index (κ3) is 2.41. The van der Waals surface area contributed by atoms with Crippen LogP contribution >= 0.6 is 11.6 Å². The van der Waals surface area contributed by atoms with Gasteiger partial charge in [-0.05, 0) is 6.07 Å². The van der Waals surface area contributed by atoms with Crippen molar-refractivity contribution in [2.45, 2.75) is 12.5 Å². The third-order valence-corrected chi connectivity index (χ3v) is 2.76. The summed E-state index contributed by atoms with van der Waals surface area (Å²) in [5, 5.41) is 0.357. The molecule has 0 saturated carbocycles. The Morgan fingerprint density at radius 3 is 2.83 bits per heavy atom. The molecule has 0 bridgehead atoms. The Kier molecular flexibility index (Phi) is 3.72. The zero-order chi connectivity index (χ0) is 13.1. The average Bonchev–Trinajstić information content (AvgIpc) is 2.76. The van der Waals surface area contributed by atoms with Crippen LogP contribution in [0, 0.1) is 0 Å². The van der Waals surface area contributed by atoms with Crippen LogP contribution in [0.25, 0.3) is 0 Å². The van der Waals surface area contributed by atoms with E-state index in [4.69, 9.17) is 25.8 Å². The molecule has 1 aliphatic heterocycles. The van der Waals surface area contributed by atoms with Crippen LogP contribution in [0.4, 0.5) is 0 Å². The third-order valence-electron chi connectivity index (χ3n) is 2.54. The van der Waals surface area contributed by atoms with E-state index in [9.17, 15) is 9.59 Å². The predicted molar refractivity (Wildman–Crippen MR) is 63.4 cm³/mol. The van der Waals surface area contributed by atoms with Gasteiger partial charge in [0.05, 0.1) is 19.3 Å². The first-order valence-corrected chi connectivity index (χ1v) is 5.69. The summed E-state index contributed by atoms with van der Waals surface area (Å²) >= 11 is 5.84. The zero-order valence-corrected chi connectivity index (χ0v) is 10.4. The van der Waals surface area contributed by atoms with Crippen molar-refractivity contribution in [3.63, 3.8) is 0 Å². The van der Waals surface area contributed by atoms with Gasteiger partial charge in [-0.25, -0.2) is 4.79 Å². The van der Waals surface area contributed by atoms with Gasteiger partial charge in [0.1, 0.15) is 0 Å². The highest BCUT2D eigenvalue weighted by atomic mass is 35.5. The van der Waals surface area contributed by atoms with Crippen molar-refractivity contribution < 1.29 is 23.8 Å². The number of hydrogen-bond donors (Lipinski definition) is 0. The number of rotatable bonds is 4. The van der Waals surface area contributed by atoms with E-state index in [-0.39, 0.29) is 11.3 Å². The standard InChI is InChI=1S/C12H11ClO5/c1-16-10-5-8(13)4-7(6-14)11(10)18-9-2-3-17-12(9)15/h4-6,9H,2-3H2,1H3. The highest BCUT2D eigenvalue weighted by molar-refractivity contribution is 6.31. The Morgan fingerprint density at radius 1 is 1.50 bits per heavy atom. The van der Waals surface area contributed by atoms with E-state index in [0.29, 0.717) is 30.1 Å². The minimum Gasteiger partial charge on any atom is -0.493 e. The summed E-state index contributed by atoms with van der Waals surface area (Å²) in [6, 6.07) is 2.97. The van der Waals surface area contributed by atoms with Gasteiger partial charge in [0.25, 0.3) is 0 Å². The molecule has 96 valence electrons. The lowest BCUT2D eigenvalue weighted by molar-refractivity contribution is -0.143. The van der Waals surface area contributed by atoms with Crippen molar-refractivity contribution in [1.82, 2.24) is 0 Å². The number of esters is 1. The van der Waals surface area contributed by atoms with Crippen LogP contribution in [-0.2, 0) is 9.53 Å². The van der Waals surface area contributed by atoms with Crippen molar-refractivity contribution in [2.24, 2.45) is 0 Å². The molecule has 0 aliphatic carbocycles. The van der Waals surface area contributed by atoms with E-state index in [1.54, 1.807) is 0 Å². The normalized spacial score (nSPS) is 18.3. The molecule has 1 fully saturated rings. The van der Waals surface area contributed by atoms with Crippen molar-refractivity contribution in [3.8, 4) is 11.5 Å².